The van der Waals surface area contributed by atoms with Gasteiger partial charge in [-0.1, -0.05) is 58.0 Å². The standard InChI is InChI=1S/C27H32N2O5S2/c1-18(2)16-29(17-19(3)4)36(32,33)22-13-11-21(12-14-22)26(30)28-23-15-24(20-9-7-6-8-10-20)35-25(23)27(31)34-5/h6-15,18-19H,16-17H2,1-5H3,(H,28,30). The second-order valence-corrected chi connectivity index (χ2v) is 12.3. The number of rotatable bonds is 10. The van der Waals surface area contributed by atoms with Crippen LogP contribution in [-0.2, 0) is 14.8 Å². The maximum Gasteiger partial charge on any atom is 0.350 e. The van der Waals surface area contributed by atoms with Crippen LogP contribution in [0.25, 0.3) is 10.4 Å². The second kappa shape index (κ2) is 11.8. The zero-order valence-corrected chi connectivity index (χ0v) is 22.8. The lowest BCUT2D eigenvalue weighted by Gasteiger charge is -2.25. The van der Waals surface area contributed by atoms with E-state index in [4.69, 9.17) is 4.74 Å². The minimum Gasteiger partial charge on any atom is -0.465 e. The molecule has 1 heterocycles. The van der Waals surface area contributed by atoms with E-state index in [0.29, 0.717) is 18.8 Å². The van der Waals surface area contributed by atoms with Crippen LogP contribution in [0.15, 0.2) is 65.6 Å². The summed E-state index contributed by atoms with van der Waals surface area (Å²) in [7, 11) is -2.41. The van der Waals surface area contributed by atoms with Gasteiger partial charge in [0.2, 0.25) is 10.0 Å². The average Bonchev–Trinajstić information content (AvgIpc) is 3.27. The first-order valence-electron chi connectivity index (χ1n) is 11.7. The Morgan fingerprint density at radius 2 is 1.53 bits per heavy atom. The van der Waals surface area contributed by atoms with E-state index in [1.807, 2.05) is 58.0 Å². The van der Waals surface area contributed by atoms with Crippen molar-refractivity contribution in [3.63, 3.8) is 0 Å². The molecule has 0 radical (unpaired) electrons. The van der Waals surface area contributed by atoms with Crippen LogP contribution in [-0.4, -0.2) is 44.8 Å². The van der Waals surface area contributed by atoms with Crippen LogP contribution in [0.3, 0.4) is 0 Å². The molecular formula is C27H32N2O5S2. The van der Waals surface area contributed by atoms with Gasteiger partial charge in [0, 0.05) is 23.5 Å². The van der Waals surface area contributed by atoms with Crippen molar-refractivity contribution in [3.05, 3.63) is 71.1 Å². The Morgan fingerprint density at radius 1 is 0.944 bits per heavy atom. The van der Waals surface area contributed by atoms with E-state index in [-0.39, 0.29) is 27.2 Å². The molecule has 1 amide bonds. The minimum atomic E-state index is -3.70. The molecule has 0 unspecified atom stereocenters. The quantitative estimate of drug-likeness (QED) is 0.338. The van der Waals surface area contributed by atoms with Gasteiger partial charge < -0.3 is 10.1 Å². The Morgan fingerprint density at radius 3 is 2.06 bits per heavy atom. The Kier molecular flexibility index (Phi) is 9.05. The zero-order valence-electron chi connectivity index (χ0n) is 21.1. The van der Waals surface area contributed by atoms with Crippen molar-refractivity contribution in [1.82, 2.24) is 4.31 Å². The number of hydrogen-bond donors (Lipinski definition) is 1. The van der Waals surface area contributed by atoms with Crippen LogP contribution in [0.4, 0.5) is 5.69 Å². The van der Waals surface area contributed by atoms with Gasteiger partial charge in [0.15, 0.2) is 0 Å². The normalized spacial score (nSPS) is 11.8. The summed E-state index contributed by atoms with van der Waals surface area (Å²) in [4.78, 5) is 26.5. The first-order chi connectivity index (χ1) is 17.0. The Labute approximate surface area is 217 Å². The Hall–Kier alpha value is -3.01. The molecule has 0 atom stereocenters. The van der Waals surface area contributed by atoms with Crippen LogP contribution >= 0.6 is 11.3 Å². The van der Waals surface area contributed by atoms with Gasteiger partial charge >= 0.3 is 5.97 Å². The molecule has 0 spiro atoms. The number of hydrogen-bond acceptors (Lipinski definition) is 6. The topological polar surface area (TPSA) is 92.8 Å². The predicted octanol–water partition coefficient (Wildman–Crippen LogP) is 5.76. The molecule has 0 saturated heterocycles. The van der Waals surface area contributed by atoms with Crippen molar-refractivity contribution in [2.24, 2.45) is 11.8 Å². The van der Waals surface area contributed by atoms with Crippen molar-refractivity contribution in [3.8, 4) is 10.4 Å². The highest BCUT2D eigenvalue weighted by atomic mass is 32.2. The second-order valence-electron chi connectivity index (χ2n) is 9.30. The lowest BCUT2D eigenvalue weighted by molar-refractivity contribution is 0.0607. The van der Waals surface area contributed by atoms with E-state index in [0.717, 1.165) is 10.4 Å². The van der Waals surface area contributed by atoms with Crippen molar-refractivity contribution in [2.45, 2.75) is 32.6 Å². The highest BCUT2D eigenvalue weighted by Crippen LogP contribution is 2.35. The molecule has 1 aromatic heterocycles. The van der Waals surface area contributed by atoms with Crippen molar-refractivity contribution < 1.29 is 22.7 Å². The number of benzene rings is 2. The van der Waals surface area contributed by atoms with Crippen LogP contribution < -0.4 is 5.32 Å². The van der Waals surface area contributed by atoms with E-state index in [9.17, 15) is 18.0 Å². The SMILES string of the molecule is COC(=O)c1sc(-c2ccccc2)cc1NC(=O)c1ccc(S(=O)(=O)N(CC(C)C)CC(C)C)cc1. The molecule has 7 nitrogen and oxygen atoms in total. The smallest absolute Gasteiger partial charge is 0.350 e. The molecule has 2 aromatic carbocycles. The maximum atomic E-state index is 13.2. The summed E-state index contributed by atoms with van der Waals surface area (Å²) in [5, 5.41) is 2.78. The number of sulfonamides is 1. The fourth-order valence-electron chi connectivity index (χ4n) is 3.68. The van der Waals surface area contributed by atoms with Gasteiger partial charge in [0.05, 0.1) is 17.7 Å². The van der Waals surface area contributed by atoms with Gasteiger partial charge in [-0.05, 0) is 47.7 Å². The van der Waals surface area contributed by atoms with Crippen molar-refractivity contribution >= 4 is 38.9 Å². The third-order valence-electron chi connectivity index (χ3n) is 5.30. The third kappa shape index (κ3) is 6.60. The number of nitrogens with zero attached hydrogens (tertiary/aromatic N) is 1. The lowest BCUT2D eigenvalue weighted by atomic mass is 10.2. The number of esters is 1. The average molecular weight is 529 g/mol. The van der Waals surface area contributed by atoms with Crippen LogP contribution in [0.1, 0.15) is 47.7 Å². The number of nitrogens with one attached hydrogen (secondary N) is 1. The molecule has 3 aromatic rings. The summed E-state index contributed by atoms with van der Waals surface area (Å²) in [6.07, 6.45) is 0. The molecule has 0 fully saturated rings. The van der Waals surface area contributed by atoms with Gasteiger partial charge in [0.1, 0.15) is 4.88 Å². The molecule has 9 heteroatoms. The summed E-state index contributed by atoms with van der Waals surface area (Å²) in [5.74, 6) is -0.644. The van der Waals surface area contributed by atoms with E-state index >= 15 is 0 Å². The number of carbonyl (C=O) groups excluding carboxylic acids is 2. The van der Waals surface area contributed by atoms with Crippen LogP contribution in [0.2, 0.25) is 0 Å². The summed E-state index contributed by atoms with van der Waals surface area (Å²) < 4.78 is 32.9. The summed E-state index contributed by atoms with van der Waals surface area (Å²) >= 11 is 1.23. The Bertz CT molecular complexity index is 1290. The molecule has 1 N–H and O–H groups in total. The van der Waals surface area contributed by atoms with Gasteiger partial charge in [-0.2, -0.15) is 4.31 Å². The van der Waals surface area contributed by atoms with E-state index in [2.05, 4.69) is 5.32 Å². The highest BCUT2D eigenvalue weighted by Gasteiger charge is 2.26. The van der Waals surface area contributed by atoms with Crippen molar-refractivity contribution in [2.75, 3.05) is 25.5 Å². The Balaban J connectivity index is 1.85. The van der Waals surface area contributed by atoms with E-state index in [1.54, 1.807) is 6.07 Å². The summed E-state index contributed by atoms with van der Waals surface area (Å²) in [5.41, 5.74) is 1.53. The monoisotopic (exact) mass is 528 g/mol. The summed E-state index contributed by atoms with van der Waals surface area (Å²) in [6, 6.07) is 17.1. The predicted molar refractivity (Wildman–Crippen MR) is 144 cm³/mol. The number of anilines is 1. The fraction of sp³-hybridized carbons (Fsp3) is 0.333. The first kappa shape index (κ1) is 27.6. The van der Waals surface area contributed by atoms with Crippen LogP contribution in [0.5, 0.6) is 0 Å². The first-order valence-corrected chi connectivity index (χ1v) is 14.0. The molecule has 0 aliphatic carbocycles. The number of thiophene rings is 1. The molecular weight excluding hydrogens is 496 g/mol. The number of amides is 1. The van der Waals surface area contributed by atoms with E-state index < -0.39 is 21.9 Å². The van der Waals surface area contributed by atoms with Gasteiger partial charge in [0.25, 0.3) is 5.91 Å². The van der Waals surface area contributed by atoms with Crippen molar-refractivity contribution in [1.29, 1.82) is 0 Å². The largest absolute Gasteiger partial charge is 0.465 e. The molecule has 3 rings (SSSR count). The third-order valence-corrected chi connectivity index (χ3v) is 8.31. The molecule has 192 valence electrons. The maximum absolute atomic E-state index is 13.2. The number of carbonyl (C=O) groups is 2. The molecule has 0 aliphatic rings. The molecule has 0 bridgehead atoms. The zero-order chi connectivity index (χ0) is 26.5. The number of methoxy groups -OCH3 is 1. The van der Waals surface area contributed by atoms with Gasteiger partial charge in [-0.3, -0.25) is 4.79 Å². The highest BCUT2D eigenvalue weighted by molar-refractivity contribution is 7.89. The van der Waals surface area contributed by atoms with Gasteiger partial charge in [-0.15, -0.1) is 11.3 Å². The van der Waals surface area contributed by atoms with E-state index in [1.165, 1.54) is 47.0 Å². The molecule has 0 saturated carbocycles. The lowest BCUT2D eigenvalue weighted by Crippen LogP contribution is -2.37. The fourth-order valence-corrected chi connectivity index (χ4v) is 6.48. The number of ether oxygens (including phenoxy) is 1. The molecule has 0 aliphatic heterocycles. The minimum absolute atomic E-state index is 0.137. The summed E-state index contributed by atoms with van der Waals surface area (Å²) in [6.45, 7) is 8.75. The van der Waals surface area contributed by atoms with Crippen LogP contribution in [0, 0.1) is 11.8 Å². The van der Waals surface area contributed by atoms with Gasteiger partial charge in [-0.25, -0.2) is 13.2 Å². The molecule has 36 heavy (non-hydrogen) atoms.